The number of fused-ring (bicyclic) bond motifs is 1. The minimum atomic E-state index is -0.979. The molecule has 2 aromatic carbocycles. The Balaban J connectivity index is 1.70. The van der Waals surface area contributed by atoms with Gasteiger partial charge in [-0.2, -0.15) is 0 Å². The Labute approximate surface area is 141 Å². The summed E-state index contributed by atoms with van der Waals surface area (Å²) in [5.41, 5.74) is 0.921. The predicted molar refractivity (Wildman–Crippen MR) is 93.8 cm³/mol. The molecule has 126 valence electrons. The van der Waals surface area contributed by atoms with Gasteiger partial charge in [-0.05, 0) is 29.2 Å². The fraction of sp³-hybridized carbons (Fsp3) is 0.400. The minimum Gasteiger partial charge on any atom is -0.480 e. The number of benzene rings is 2. The number of carbonyl (C=O) groups excluding carboxylic acids is 1. The summed E-state index contributed by atoms with van der Waals surface area (Å²) in [6, 6.07) is 13.0. The van der Waals surface area contributed by atoms with Crippen LogP contribution in [0.5, 0.6) is 0 Å². The normalized spacial score (nSPS) is 16.7. The van der Waals surface area contributed by atoms with Crippen LogP contribution in [0.4, 0.5) is 0 Å². The van der Waals surface area contributed by atoms with E-state index in [0.717, 1.165) is 42.0 Å². The van der Waals surface area contributed by atoms with E-state index in [9.17, 15) is 14.7 Å². The maximum absolute atomic E-state index is 12.3. The Kier molecular flexibility index (Phi) is 5.14. The molecule has 1 saturated carbocycles. The van der Waals surface area contributed by atoms with Crippen molar-refractivity contribution in [1.29, 1.82) is 0 Å². The summed E-state index contributed by atoms with van der Waals surface area (Å²) >= 11 is 0. The second-order valence-corrected chi connectivity index (χ2v) is 6.62. The number of carboxylic acids is 1. The van der Waals surface area contributed by atoms with Crippen molar-refractivity contribution in [3.63, 3.8) is 0 Å². The molecule has 0 spiro atoms. The fourth-order valence-electron chi connectivity index (χ4n) is 3.46. The van der Waals surface area contributed by atoms with Crippen LogP contribution in [0.3, 0.4) is 0 Å². The summed E-state index contributed by atoms with van der Waals surface area (Å²) in [4.78, 5) is 23.9. The van der Waals surface area contributed by atoms with Crippen LogP contribution < -0.4 is 5.32 Å². The second kappa shape index (κ2) is 7.47. The van der Waals surface area contributed by atoms with Crippen LogP contribution in [-0.2, 0) is 16.0 Å². The lowest BCUT2D eigenvalue weighted by Crippen LogP contribution is -2.45. The number of carboxylic acid groups (broad SMARTS) is 1. The van der Waals surface area contributed by atoms with E-state index in [1.54, 1.807) is 0 Å². The van der Waals surface area contributed by atoms with Crippen molar-refractivity contribution < 1.29 is 14.7 Å². The molecule has 24 heavy (non-hydrogen) atoms. The fourth-order valence-corrected chi connectivity index (χ4v) is 3.46. The summed E-state index contributed by atoms with van der Waals surface area (Å²) in [6.07, 6.45) is 5.32. The molecule has 2 N–H and O–H groups in total. The van der Waals surface area contributed by atoms with Crippen molar-refractivity contribution in [2.75, 3.05) is 0 Å². The van der Waals surface area contributed by atoms with Crippen molar-refractivity contribution in [2.24, 2.45) is 5.92 Å². The van der Waals surface area contributed by atoms with E-state index in [4.69, 9.17) is 0 Å². The Morgan fingerprint density at radius 3 is 2.46 bits per heavy atom. The second-order valence-electron chi connectivity index (χ2n) is 6.62. The topological polar surface area (TPSA) is 66.4 Å². The van der Waals surface area contributed by atoms with E-state index in [0.29, 0.717) is 6.42 Å². The lowest BCUT2D eigenvalue weighted by atomic mass is 9.88. The number of hydrogen-bond acceptors (Lipinski definition) is 2. The molecule has 0 saturated heterocycles. The molecule has 1 aliphatic carbocycles. The van der Waals surface area contributed by atoms with Crippen LogP contribution in [0.1, 0.15) is 37.7 Å². The van der Waals surface area contributed by atoms with Crippen LogP contribution in [0, 0.1) is 5.92 Å². The third-order valence-electron chi connectivity index (χ3n) is 4.84. The van der Waals surface area contributed by atoms with Crippen LogP contribution in [0.15, 0.2) is 42.5 Å². The standard InChI is InChI=1S/C20H23NO3/c22-19(16-7-2-1-3-8-16)21-18(20(23)24)13-14-10-11-15-6-4-5-9-17(15)12-14/h4-6,9-12,16,18H,1-3,7-8,13H2,(H,21,22)(H,23,24)/t18-/m0/s1. The van der Waals surface area contributed by atoms with Crippen LogP contribution >= 0.6 is 0 Å². The molecule has 0 aliphatic heterocycles. The highest BCUT2D eigenvalue weighted by Crippen LogP contribution is 2.24. The van der Waals surface area contributed by atoms with E-state index < -0.39 is 12.0 Å². The Bertz CT molecular complexity index is 734. The average Bonchev–Trinajstić information content (AvgIpc) is 2.61. The molecular weight excluding hydrogens is 302 g/mol. The first kappa shape index (κ1) is 16.5. The highest BCUT2D eigenvalue weighted by Gasteiger charge is 2.26. The largest absolute Gasteiger partial charge is 0.480 e. The highest BCUT2D eigenvalue weighted by atomic mass is 16.4. The van der Waals surface area contributed by atoms with E-state index in [1.165, 1.54) is 6.42 Å². The molecule has 0 unspecified atom stereocenters. The van der Waals surface area contributed by atoms with Gasteiger partial charge in [-0.3, -0.25) is 4.79 Å². The molecular formula is C20H23NO3. The predicted octanol–water partition coefficient (Wildman–Crippen LogP) is 3.53. The maximum atomic E-state index is 12.3. The molecule has 4 nitrogen and oxygen atoms in total. The number of amides is 1. The highest BCUT2D eigenvalue weighted by molar-refractivity contribution is 5.86. The number of carbonyl (C=O) groups is 2. The molecule has 2 aromatic rings. The van der Waals surface area contributed by atoms with Crippen LogP contribution in [-0.4, -0.2) is 23.0 Å². The zero-order valence-electron chi connectivity index (χ0n) is 13.7. The zero-order chi connectivity index (χ0) is 16.9. The lowest BCUT2D eigenvalue weighted by molar-refractivity contribution is -0.142. The molecule has 0 bridgehead atoms. The first-order chi connectivity index (χ1) is 11.6. The van der Waals surface area contributed by atoms with Gasteiger partial charge in [0.25, 0.3) is 0 Å². The van der Waals surface area contributed by atoms with Gasteiger partial charge in [0.2, 0.25) is 5.91 Å². The quantitative estimate of drug-likeness (QED) is 0.884. The summed E-state index contributed by atoms with van der Waals surface area (Å²) < 4.78 is 0. The Morgan fingerprint density at radius 2 is 1.75 bits per heavy atom. The molecule has 0 aromatic heterocycles. The summed E-state index contributed by atoms with van der Waals surface area (Å²) in [6.45, 7) is 0. The van der Waals surface area contributed by atoms with Gasteiger partial charge in [0.15, 0.2) is 0 Å². The summed E-state index contributed by atoms with van der Waals surface area (Å²) in [7, 11) is 0. The maximum Gasteiger partial charge on any atom is 0.326 e. The smallest absolute Gasteiger partial charge is 0.326 e. The number of rotatable bonds is 5. The zero-order valence-corrected chi connectivity index (χ0v) is 13.7. The van der Waals surface area contributed by atoms with Crippen molar-refractivity contribution in [3.05, 3.63) is 48.0 Å². The minimum absolute atomic E-state index is 0.0304. The molecule has 4 heteroatoms. The van der Waals surface area contributed by atoms with Crippen molar-refractivity contribution in [1.82, 2.24) is 5.32 Å². The number of nitrogens with one attached hydrogen (secondary N) is 1. The van der Waals surface area contributed by atoms with Gasteiger partial charge < -0.3 is 10.4 Å². The van der Waals surface area contributed by atoms with Crippen molar-refractivity contribution in [3.8, 4) is 0 Å². The molecule has 3 rings (SSSR count). The lowest BCUT2D eigenvalue weighted by Gasteiger charge is -2.23. The molecule has 1 aliphatic rings. The van der Waals surface area contributed by atoms with E-state index >= 15 is 0 Å². The third-order valence-corrected chi connectivity index (χ3v) is 4.84. The van der Waals surface area contributed by atoms with E-state index in [1.807, 2.05) is 42.5 Å². The van der Waals surface area contributed by atoms with Gasteiger partial charge in [-0.1, -0.05) is 61.7 Å². The third kappa shape index (κ3) is 3.94. The van der Waals surface area contributed by atoms with Gasteiger partial charge in [-0.15, -0.1) is 0 Å². The van der Waals surface area contributed by atoms with Gasteiger partial charge in [0.05, 0.1) is 0 Å². The van der Waals surface area contributed by atoms with Crippen LogP contribution in [0.2, 0.25) is 0 Å². The Morgan fingerprint density at radius 1 is 1.04 bits per heavy atom. The molecule has 1 atom stereocenters. The molecule has 0 heterocycles. The van der Waals surface area contributed by atoms with E-state index in [2.05, 4.69) is 5.32 Å². The van der Waals surface area contributed by atoms with Gasteiger partial charge in [-0.25, -0.2) is 4.79 Å². The van der Waals surface area contributed by atoms with Gasteiger partial charge in [0.1, 0.15) is 6.04 Å². The van der Waals surface area contributed by atoms with Crippen molar-refractivity contribution >= 4 is 22.6 Å². The van der Waals surface area contributed by atoms with Crippen molar-refractivity contribution in [2.45, 2.75) is 44.6 Å². The van der Waals surface area contributed by atoms with Gasteiger partial charge >= 0.3 is 5.97 Å². The Hall–Kier alpha value is -2.36. The van der Waals surface area contributed by atoms with Gasteiger partial charge in [0, 0.05) is 12.3 Å². The molecule has 1 fully saturated rings. The average molecular weight is 325 g/mol. The summed E-state index contributed by atoms with van der Waals surface area (Å²) in [5.74, 6) is -1.12. The monoisotopic (exact) mass is 325 g/mol. The number of aliphatic carboxylic acids is 1. The van der Waals surface area contributed by atoms with Crippen LogP contribution in [0.25, 0.3) is 10.8 Å². The SMILES string of the molecule is O=C(N[C@@H](Cc1ccc2ccccc2c1)C(=O)O)C1CCCCC1. The first-order valence-electron chi connectivity index (χ1n) is 8.64. The van der Waals surface area contributed by atoms with E-state index in [-0.39, 0.29) is 11.8 Å². The first-order valence-corrected chi connectivity index (χ1v) is 8.64. The molecule has 0 radical (unpaired) electrons. The number of hydrogen-bond donors (Lipinski definition) is 2. The molecule has 1 amide bonds. The summed E-state index contributed by atoms with van der Waals surface area (Å²) in [5, 5.41) is 14.4.